The highest BCUT2D eigenvalue weighted by molar-refractivity contribution is 5.89. The van der Waals surface area contributed by atoms with Crippen LogP contribution >= 0.6 is 0 Å². The van der Waals surface area contributed by atoms with E-state index >= 15 is 0 Å². The second-order valence-electron chi connectivity index (χ2n) is 4.72. The zero-order valence-electron chi connectivity index (χ0n) is 12.0. The summed E-state index contributed by atoms with van der Waals surface area (Å²) in [5, 5.41) is 0. The van der Waals surface area contributed by atoms with Crippen LogP contribution in [0.25, 0.3) is 0 Å². The molecular weight excluding hydrogens is 248 g/mol. The van der Waals surface area contributed by atoms with Crippen LogP contribution in [0.4, 0.5) is 0 Å². The van der Waals surface area contributed by atoms with Crippen molar-refractivity contribution in [2.45, 2.75) is 26.2 Å². The van der Waals surface area contributed by atoms with Gasteiger partial charge in [0.05, 0.1) is 12.2 Å². The van der Waals surface area contributed by atoms with Crippen molar-refractivity contribution in [3.8, 4) is 0 Å². The van der Waals surface area contributed by atoms with Crippen LogP contribution in [0.5, 0.6) is 0 Å². The zero-order valence-corrected chi connectivity index (χ0v) is 12.0. The van der Waals surface area contributed by atoms with E-state index in [1.54, 1.807) is 6.07 Å². The first kappa shape index (κ1) is 14.3. The number of carbonyl (C=O) groups is 1. The largest absolute Gasteiger partial charge is 0.462 e. The summed E-state index contributed by atoms with van der Waals surface area (Å²) in [6.45, 7) is 4.38. The first-order chi connectivity index (χ1) is 9.76. The first-order valence-corrected chi connectivity index (χ1v) is 7.08. The molecule has 2 aromatic carbocycles. The van der Waals surface area contributed by atoms with E-state index in [-0.39, 0.29) is 5.97 Å². The number of ether oxygens (including phenoxy) is 1. The molecule has 0 heterocycles. The van der Waals surface area contributed by atoms with E-state index < -0.39 is 0 Å². The topological polar surface area (TPSA) is 26.3 Å². The SMILES string of the molecule is CCOC(=O)c1cccc([C@@H](CC)c2ccccc2)c1. The van der Waals surface area contributed by atoms with Crippen molar-refractivity contribution < 1.29 is 9.53 Å². The van der Waals surface area contributed by atoms with Crippen molar-refractivity contribution >= 4 is 5.97 Å². The predicted octanol–water partition coefficient (Wildman–Crippen LogP) is 4.41. The van der Waals surface area contributed by atoms with Crippen molar-refractivity contribution in [1.29, 1.82) is 0 Å². The van der Waals surface area contributed by atoms with Crippen LogP contribution in [0.15, 0.2) is 54.6 Å². The number of hydrogen-bond donors (Lipinski definition) is 0. The van der Waals surface area contributed by atoms with E-state index in [2.05, 4.69) is 25.1 Å². The van der Waals surface area contributed by atoms with Gasteiger partial charge in [0.1, 0.15) is 0 Å². The van der Waals surface area contributed by atoms with Crippen LogP contribution in [0.2, 0.25) is 0 Å². The molecule has 0 unspecified atom stereocenters. The van der Waals surface area contributed by atoms with E-state index in [4.69, 9.17) is 4.74 Å². The second kappa shape index (κ2) is 6.90. The second-order valence-corrected chi connectivity index (χ2v) is 4.72. The third kappa shape index (κ3) is 3.27. The number of esters is 1. The lowest BCUT2D eigenvalue weighted by molar-refractivity contribution is 0.0526. The summed E-state index contributed by atoms with van der Waals surface area (Å²) in [4.78, 5) is 11.8. The van der Waals surface area contributed by atoms with Crippen molar-refractivity contribution in [3.05, 3.63) is 71.3 Å². The number of rotatable bonds is 5. The Hall–Kier alpha value is -2.09. The lowest BCUT2D eigenvalue weighted by Gasteiger charge is -2.16. The molecule has 0 aromatic heterocycles. The third-order valence-corrected chi connectivity index (χ3v) is 3.41. The molecule has 2 rings (SSSR count). The molecule has 0 saturated carbocycles. The van der Waals surface area contributed by atoms with Crippen LogP contribution in [0.1, 0.15) is 47.7 Å². The third-order valence-electron chi connectivity index (χ3n) is 3.41. The van der Waals surface area contributed by atoms with Gasteiger partial charge in [-0.3, -0.25) is 0 Å². The molecule has 2 aromatic rings. The van der Waals surface area contributed by atoms with Crippen LogP contribution in [0, 0.1) is 0 Å². The molecule has 0 radical (unpaired) electrons. The summed E-state index contributed by atoms with van der Waals surface area (Å²) in [5.74, 6) is 0.0582. The summed E-state index contributed by atoms with van der Waals surface area (Å²) in [6, 6.07) is 18.1. The zero-order chi connectivity index (χ0) is 14.4. The van der Waals surface area contributed by atoms with Gasteiger partial charge in [-0.15, -0.1) is 0 Å². The molecule has 20 heavy (non-hydrogen) atoms. The molecule has 0 amide bonds. The Morgan fingerprint density at radius 1 is 1.00 bits per heavy atom. The van der Waals surface area contributed by atoms with Crippen molar-refractivity contribution in [3.63, 3.8) is 0 Å². The molecule has 2 heteroatoms. The van der Waals surface area contributed by atoms with Crippen LogP contribution < -0.4 is 0 Å². The van der Waals surface area contributed by atoms with Gasteiger partial charge in [-0.1, -0.05) is 49.4 Å². The average molecular weight is 268 g/mol. The minimum Gasteiger partial charge on any atom is -0.462 e. The molecule has 0 saturated heterocycles. The monoisotopic (exact) mass is 268 g/mol. The Morgan fingerprint density at radius 3 is 2.35 bits per heavy atom. The minimum atomic E-state index is -0.253. The van der Waals surface area contributed by atoms with Gasteiger partial charge < -0.3 is 4.74 Å². The van der Waals surface area contributed by atoms with E-state index in [1.807, 2.05) is 37.3 Å². The van der Waals surface area contributed by atoms with Gasteiger partial charge in [-0.25, -0.2) is 4.79 Å². The van der Waals surface area contributed by atoms with Gasteiger partial charge >= 0.3 is 5.97 Å². The van der Waals surface area contributed by atoms with E-state index in [0.29, 0.717) is 18.1 Å². The molecule has 0 aliphatic heterocycles. The fourth-order valence-corrected chi connectivity index (χ4v) is 2.45. The molecule has 0 aliphatic rings. The molecule has 2 nitrogen and oxygen atoms in total. The van der Waals surface area contributed by atoms with E-state index in [9.17, 15) is 4.79 Å². The maximum absolute atomic E-state index is 11.8. The average Bonchev–Trinajstić information content (AvgIpc) is 2.50. The Labute approximate surface area is 120 Å². The molecule has 0 bridgehead atoms. The van der Waals surface area contributed by atoms with Gasteiger partial charge in [-0.2, -0.15) is 0 Å². The van der Waals surface area contributed by atoms with Crippen LogP contribution in [-0.4, -0.2) is 12.6 Å². The standard InChI is InChI=1S/C18H20O2/c1-3-17(14-9-6-5-7-10-14)15-11-8-12-16(13-15)18(19)20-4-2/h5-13,17H,3-4H2,1-2H3/t17-/m0/s1. The Kier molecular flexibility index (Phi) is 4.94. The smallest absolute Gasteiger partial charge is 0.338 e. The molecular formula is C18H20O2. The van der Waals surface area contributed by atoms with Gasteiger partial charge in [-0.05, 0) is 36.6 Å². The maximum atomic E-state index is 11.8. The van der Waals surface area contributed by atoms with Crippen molar-refractivity contribution in [2.24, 2.45) is 0 Å². The molecule has 0 aliphatic carbocycles. The van der Waals surface area contributed by atoms with Crippen molar-refractivity contribution in [1.82, 2.24) is 0 Å². The number of benzene rings is 2. The first-order valence-electron chi connectivity index (χ1n) is 7.08. The summed E-state index contributed by atoms with van der Waals surface area (Å²) in [5.41, 5.74) is 3.05. The summed E-state index contributed by atoms with van der Waals surface area (Å²) < 4.78 is 5.06. The van der Waals surface area contributed by atoms with Crippen LogP contribution in [0.3, 0.4) is 0 Å². The van der Waals surface area contributed by atoms with Gasteiger partial charge in [0.15, 0.2) is 0 Å². The lowest BCUT2D eigenvalue weighted by atomic mass is 9.88. The normalized spacial score (nSPS) is 11.9. The molecule has 0 spiro atoms. The fraction of sp³-hybridized carbons (Fsp3) is 0.278. The van der Waals surface area contributed by atoms with Crippen LogP contribution in [-0.2, 0) is 4.74 Å². The Balaban J connectivity index is 2.31. The highest BCUT2D eigenvalue weighted by Gasteiger charge is 2.14. The quantitative estimate of drug-likeness (QED) is 0.751. The summed E-state index contributed by atoms with van der Waals surface area (Å²) in [7, 11) is 0. The molecule has 104 valence electrons. The summed E-state index contributed by atoms with van der Waals surface area (Å²) >= 11 is 0. The highest BCUT2D eigenvalue weighted by atomic mass is 16.5. The van der Waals surface area contributed by atoms with Crippen molar-refractivity contribution in [2.75, 3.05) is 6.61 Å². The highest BCUT2D eigenvalue weighted by Crippen LogP contribution is 2.28. The van der Waals surface area contributed by atoms with E-state index in [0.717, 1.165) is 12.0 Å². The van der Waals surface area contributed by atoms with E-state index in [1.165, 1.54) is 5.56 Å². The molecule has 1 atom stereocenters. The Bertz CT molecular complexity index is 561. The van der Waals surface area contributed by atoms with Gasteiger partial charge in [0.2, 0.25) is 0 Å². The number of carbonyl (C=O) groups excluding carboxylic acids is 1. The maximum Gasteiger partial charge on any atom is 0.338 e. The predicted molar refractivity (Wildman–Crippen MR) is 81.0 cm³/mol. The molecule has 0 N–H and O–H groups in total. The van der Waals surface area contributed by atoms with Gasteiger partial charge in [0.25, 0.3) is 0 Å². The number of hydrogen-bond acceptors (Lipinski definition) is 2. The fourth-order valence-electron chi connectivity index (χ4n) is 2.45. The van der Waals surface area contributed by atoms with Gasteiger partial charge in [0, 0.05) is 5.92 Å². The summed E-state index contributed by atoms with van der Waals surface area (Å²) in [6.07, 6.45) is 0.996. The lowest BCUT2D eigenvalue weighted by Crippen LogP contribution is -2.06. The molecule has 0 fully saturated rings. The Morgan fingerprint density at radius 2 is 1.70 bits per heavy atom. The minimum absolute atomic E-state index is 0.253.